The molecule has 1 N–H and O–H groups in total. The number of hydrogen-bond acceptors (Lipinski definition) is 5. The van der Waals surface area contributed by atoms with Gasteiger partial charge in [-0.05, 0) is 50.2 Å². The molecular weight excluding hydrogens is 443 g/mol. The van der Waals surface area contributed by atoms with E-state index in [1.54, 1.807) is 23.0 Å². The molecule has 5 heterocycles. The van der Waals surface area contributed by atoms with Crippen LogP contribution in [0.25, 0.3) is 16.6 Å². The third kappa shape index (κ3) is 3.90. The Morgan fingerprint density at radius 2 is 2.23 bits per heavy atom. The maximum absolute atomic E-state index is 14.2. The molecule has 9 heteroatoms. The summed E-state index contributed by atoms with van der Waals surface area (Å²) in [6, 6.07) is 8.55. The fourth-order valence-electron chi connectivity index (χ4n) is 3.83. The Labute approximate surface area is 188 Å². The standard InChI is InChI=1S/C21H20FN6S.Fe/c1-14-17(12-26-28(14)16-4-2-7-23-11-16)15-10-20(19-6-9-25-27(19)13-15)29-21-18(22)5-3-8-24-21;/h3,5,8-10,12-13,16,23H,2,4,7,11H2,1H3;/q-1;/t16-;/m1./s1. The van der Waals surface area contributed by atoms with Gasteiger partial charge in [-0.25, -0.2) is 15.4 Å². The van der Waals surface area contributed by atoms with Crippen molar-refractivity contribution < 1.29 is 21.5 Å². The molecule has 1 saturated heterocycles. The van der Waals surface area contributed by atoms with Crippen LogP contribution in [0.3, 0.4) is 0 Å². The summed E-state index contributed by atoms with van der Waals surface area (Å²) in [6.45, 7) is 4.11. The van der Waals surface area contributed by atoms with Crippen LogP contribution in [0, 0.1) is 18.8 Å². The van der Waals surface area contributed by atoms with Crippen molar-refractivity contribution in [2.45, 2.75) is 35.7 Å². The minimum absolute atomic E-state index is 0. The molecule has 4 aromatic heterocycles. The summed E-state index contributed by atoms with van der Waals surface area (Å²) in [5.41, 5.74) is 3.96. The van der Waals surface area contributed by atoms with Gasteiger partial charge < -0.3 is 5.32 Å². The van der Waals surface area contributed by atoms with Gasteiger partial charge in [0.1, 0.15) is 5.03 Å². The van der Waals surface area contributed by atoms with Crippen LogP contribution in [0.2, 0.25) is 0 Å². The van der Waals surface area contributed by atoms with Crippen LogP contribution in [0.4, 0.5) is 4.39 Å². The van der Waals surface area contributed by atoms with Gasteiger partial charge in [0, 0.05) is 47.3 Å². The fourth-order valence-corrected chi connectivity index (χ4v) is 4.75. The van der Waals surface area contributed by atoms with E-state index in [1.807, 2.05) is 18.5 Å². The Balaban J connectivity index is 0.00000218. The van der Waals surface area contributed by atoms with E-state index < -0.39 is 0 Å². The average molecular weight is 463 g/mol. The molecule has 6 nitrogen and oxygen atoms in total. The first kappa shape index (κ1) is 21.1. The molecule has 1 aliphatic rings. The summed E-state index contributed by atoms with van der Waals surface area (Å²) in [6.07, 6.45) is 9.39. The number of fused-ring (bicyclic) bond motifs is 1. The minimum Gasteiger partial charge on any atom is -0.315 e. The molecule has 0 aromatic carbocycles. The van der Waals surface area contributed by atoms with Gasteiger partial charge >= 0.3 is 0 Å². The van der Waals surface area contributed by atoms with E-state index in [1.165, 1.54) is 17.8 Å². The van der Waals surface area contributed by atoms with Crippen molar-refractivity contribution in [1.29, 1.82) is 0 Å². The number of pyridine rings is 2. The third-order valence-electron chi connectivity index (χ3n) is 5.30. The van der Waals surface area contributed by atoms with Gasteiger partial charge in [0.25, 0.3) is 0 Å². The molecule has 4 aromatic rings. The molecule has 1 fully saturated rings. The molecule has 0 amide bonds. The second-order valence-corrected chi connectivity index (χ2v) is 8.19. The number of halogens is 1. The molecule has 0 unspecified atom stereocenters. The SMILES string of the molecule is Cc1c(-c2cc(Sc3ncccc3F)c3[c-]cnn3c2)cnn1[C@@H]1CCCNC1.[Fe]. The second-order valence-electron chi connectivity index (χ2n) is 7.16. The topological polar surface area (TPSA) is 60.0 Å². The predicted molar refractivity (Wildman–Crippen MR) is 109 cm³/mol. The minimum atomic E-state index is -0.339. The first-order valence-electron chi connectivity index (χ1n) is 9.63. The number of piperidine rings is 1. The molecule has 30 heavy (non-hydrogen) atoms. The third-order valence-corrected chi connectivity index (χ3v) is 6.32. The van der Waals surface area contributed by atoms with Gasteiger partial charge in [0.2, 0.25) is 0 Å². The molecule has 0 radical (unpaired) electrons. The quantitative estimate of drug-likeness (QED) is 0.368. The fraction of sp³-hybridized carbons (Fsp3) is 0.286. The van der Waals surface area contributed by atoms with Gasteiger partial charge in [0.05, 0.1) is 12.2 Å². The number of hydrogen-bond donors (Lipinski definition) is 1. The molecule has 156 valence electrons. The van der Waals surface area contributed by atoms with E-state index in [4.69, 9.17) is 0 Å². The number of rotatable bonds is 4. The smallest absolute Gasteiger partial charge is 0.154 e. The Hall–Kier alpha value is -2.19. The molecule has 5 rings (SSSR count). The Bertz CT molecular complexity index is 1170. The maximum atomic E-state index is 14.2. The van der Waals surface area contributed by atoms with Crippen LogP contribution in [0.15, 0.2) is 52.9 Å². The van der Waals surface area contributed by atoms with Crippen molar-refractivity contribution in [2.75, 3.05) is 13.1 Å². The zero-order valence-electron chi connectivity index (χ0n) is 16.3. The molecule has 0 bridgehead atoms. The van der Waals surface area contributed by atoms with E-state index in [-0.39, 0.29) is 22.9 Å². The summed E-state index contributed by atoms with van der Waals surface area (Å²) >= 11 is 1.28. The van der Waals surface area contributed by atoms with Crippen molar-refractivity contribution in [3.63, 3.8) is 0 Å². The average Bonchev–Trinajstić information content (AvgIpc) is 3.37. The number of nitrogens with zero attached hydrogens (tertiary/aromatic N) is 5. The second kappa shape index (κ2) is 8.89. The first-order valence-corrected chi connectivity index (χ1v) is 10.4. The van der Waals surface area contributed by atoms with Gasteiger partial charge in [0.15, 0.2) is 5.82 Å². The summed E-state index contributed by atoms with van der Waals surface area (Å²) in [7, 11) is 0. The van der Waals surface area contributed by atoms with Crippen LogP contribution in [0.1, 0.15) is 24.6 Å². The molecule has 1 atom stereocenters. The predicted octanol–water partition coefficient (Wildman–Crippen LogP) is 3.91. The van der Waals surface area contributed by atoms with Crippen molar-refractivity contribution in [3.05, 3.63) is 60.6 Å². The molecular formula is C21H20FFeN6S-. The Morgan fingerprint density at radius 3 is 3.03 bits per heavy atom. The van der Waals surface area contributed by atoms with E-state index in [9.17, 15) is 4.39 Å². The molecule has 0 aliphatic carbocycles. The Kier molecular flexibility index (Phi) is 6.24. The van der Waals surface area contributed by atoms with E-state index in [0.29, 0.717) is 11.1 Å². The van der Waals surface area contributed by atoms with Crippen LogP contribution in [-0.2, 0) is 17.1 Å². The van der Waals surface area contributed by atoms with Gasteiger partial charge in [-0.2, -0.15) is 22.0 Å². The summed E-state index contributed by atoms with van der Waals surface area (Å²) in [5.74, 6) is -0.339. The maximum Gasteiger partial charge on any atom is 0.154 e. The molecule has 1 aliphatic heterocycles. The zero-order valence-corrected chi connectivity index (χ0v) is 18.2. The van der Waals surface area contributed by atoms with Crippen molar-refractivity contribution in [3.8, 4) is 11.1 Å². The monoisotopic (exact) mass is 463 g/mol. The number of aromatic nitrogens is 5. The van der Waals surface area contributed by atoms with Gasteiger partial charge in [-0.3, -0.25) is 9.20 Å². The van der Waals surface area contributed by atoms with Crippen LogP contribution in [-0.4, -0.2) is 37.5 Å². The molecule has 0 saturated carbocycles. The van der Waals surface area contributed by atoms with E-state index in [0.717, 1.165) is 53.2 Å². The zero-order chi connectivity index (χ0) is 19.8. The van der Waals surface area contributed by atoms with Crippen LogP contribution >= 0.6 is 11.8 Å². The molecule has 0 spiro atoms. The van der Waals surface area contributed by atoms with Crippen molar-refractivity contribution in [2.24, 2.45) is 0 Å². The van der Waals surface area contributed by atoms with Crippen LogP contribution in [0.5, 0.6) is 0 Å². The van der Waals surface area contributed by atoms with E-state index >= 15 is 0 Å². The largest absolute Gasteiger partial charge is 0.315 e. The van der Waals surface area contributed by atoms with E-state index in [2.05, 4.69) is 38.2 Å². The summed E-state index contributed by atoms with van der Waals surface area (Å²) in [5, 5.41) is 12.8. The van der Waals surface area contributed by atoms with Crippen LogP contribution < -0.4 is 5.32 Å². The summed E-state index contributed by atoms with van der Waals surface area (Å²) < 4.78 is 18.1. The van der Waals surface area contributed by atoms with Crippen molar-refractivity contribution in [1.82, 2.24) is 29.7 Å². The first-order chi connectivity index (χ1) is 14.2. The Morgan fingerprint density at radius 1 is 1.33 bits per heavy atom. The number of nitrogens with one attached hydrogen (secondary N) is 1. The summed E-state index contributed by atoms with van der Waals surface area (Å²) in [4.78, 5) is 5.02. The van der Waals surface area contributed by atoms with Gasteiger partial charge in [-0.1, -0.05) is 5.52 Å². The van der Waals surface area contributed by atoms with Gasteiger partial charge in [-0.15, -0.1) is 11.0 Å². The normalized spacial score (nSPS) is 16.5. The van der Waals surface area contributed by atoms with Crippen molar-refractivity contribution >= 4 is 17.3 Å².